The largest absolute Gasteiger partial charge is 0.455 e. The maximum Gasteiger partial charge on any atom is 0.164 e. The number of hydrogen-bond donors (Lipinski definition) is 0. The summed E-state index contributed by atoms with van der Waals surface area (Å²) in [5.41, 5.74) is 18.8. The van der Waals surface area contributed by atoms with E-state index in [9.17, 15) is 0 Å². The molecule has 0 atom stereocenters. The minimum Gasteiger partial charge on any atom is -0.455 e. The molecule has 20 aromatic rings. The number of para-hydroxylation sites is 2. The minimum atomic E-state index is 0.596. The number of benzene rings is 14. The van der Waals surface area contributed by atoms with Gasteiger partial charge in [-0.2, -0.15) is 0 Å². The van der Waals surface area contributed by atoms with Gasteiger partial charge in [-0.25, -0.2) is 39.9 Å². The van der Waals surface area contributed by atoms with Crippen LogP contribution in [0, 0.1) is 0 Å². The van der Waals surface area contributed by atoms with E-state index in [0.29, 0.717) is 34.9 Å². The van der Waals surface area contributed by atoms with Gasteiger partial charge in [-0.1, -0.05) is 303 Å². The number of furan rings is 2. The fourth-order valence-corrected chi connectivity index (χ4v) is 14.2. The maximum absolute atomic E-state index is 6.74. The van der Waals surface area contributed by atoms with Gasteiger partial charge in [0.1, 0.15) is 22.3 Å². The highest BCUT2D eigenvalue weighted by Crippen LogP contribution is 2.46. The zero-order valence-electron chi connectivity index (χ0n) is 54.7. The molecule has 14 aromatic carbocycles. The van der Waals surface area contributed by atoms with E-state index >= 15 is 0 Å². The van der Waals surface area contributed by atoms with Crippen LogP contribution in [0.2, 0.25) is 0 Å². The van der Waals surface area contributed by atoms with Crippen LogP contribution in [0.25, 0.3) is 200 Å². The predicted molar refractivity (Wildman–Crippen MR) is 414 cm³/mol. The fourth-order valence-electron chi connectivity index (χ4n) is 14.2. The van der Waals surface area contributed by atoms with Crippen molar-refractivity contribution in [3.8, 4) is 113 Å². The third-order valence-corrected chi connectivity index (χ3v) is 19.0. The Balaban J connectivity index is 0.000000141. The molecule has 0 fully saturated rings. The van der Waals surface area contributed by atoms with Crippen LogP contribution in [-0.4, -0.2) is 39.9 Å². The molecular weight excluding hydrogens is 1250 g/mol. The van der Waals surface area contributed by atoms with Crippen molar-refractivity contribution >= 4 is 87.2 Å². The monoisotopic (exact) mass is 1300 g/mol. The second-order valence-electron chi connectivity index (χ2n) is 25.2. The van der Waals surface area contributed by atoms with Gasteiger partial charge in [0.2, 0.25) is 0 Å². The normalized spacial score (nSPS) is 11.5. The Hall–Kier alpha value is -14.0. The first-order valence-corrected chi connectivity index (χ1v) is 34.0. The highest BCUT2D eigenvalue weighted by atomic mass is 16.3. The van der Waals surface area contributed by atoms with Gasteiger partial charge in [0.25, 0.3) is 0 Å². The van der Waals surface area contributed by atoms with E-state index in [4.69, 9.17) is 48.7 Å². The van der Waals surface area contributed by atoms with Crippen molar-refractivity contribution in [1.29, 1.82) is 0 Å². The second kappa shape index (κ2) is 25.2. The average Bonchev–Trinajstić information content (AvgIpc) is 1.55. The molecule has 0 saturated heterocycles. The molecule has 10 nitrogen and oxygen atoms in total. The highest BCUT2D eigenvalue weighted by Gasteiger charge is 2.24. The van der Waals surface area contributed by atoms with Crippen molar-refractivity contribution in [2.24, 2.45) is 0 Å². The highest BCUT2D eigenvalue weighted by molar-refractivity contribution is 6.24. The minimum absolute atomic E-state index is 0.596. The van der Waals surface area contributed by atoms with E-state index in [-0.39, 0.29) is 0 Å². The molecule has 0 radical (unpaired) electrons. The van der Waals surface area contributed by atoms with Gasteiger partial charge in [-0.3, -0.25) is 0 Å². The van der Waals surface area contributed by atoms with E-state index in [0.717, 1.165) is 138 Å². The summed E-state index contributed by atoms with van der Waals surface area (Å²) in [5.74, 6) is 3.72. The summed E-state index contributed by atoms with van der Waals surface area (Å²) in [4.78, 5) is 40.3. The standard InChI is InChI=1S/2C46H28N4O/c1-3-14-30(15-4-1)44-48-45(31-16-5-2-6-17-31)50-46(49-44)34-20-11-19-33(27-34)42-41-37-22-9-10-24-40(37)51-43(41)38-28-32(25-26-39(38)47-42)36-23-12-18-29-13-7-8-21-35(29)36;1-3-14-31(15-4-1)44-48-45(32-16-5-2-6-17-32)50-46(49-44)33-27-25-30(26-28-33)42-41-37-20-9-10-24-39(37)51-43(41)40-36(22-12-23-38(40)47-42)35-21-11-18-29-13-7-8-19-34(29)35/h2*1-28H. The van der Waals surface area contributed by atoms with Crippen LogP contribution in [0.5, 0.6) is 0 Å². The predicted octanol–water partition coefficient (Wildman–Crippen LogP) is 23.6. The molecule has 0 amide bonds. The van der Waals surface area contributed by atoms with Crippen molar-refractivity contribution in [3.63, 3.8) is 0 Å². The lowest BCUT2D eigenvalue weighted by molar-refractivity contribution is 0.672. The van der Waals surface area contributed by atoms with Crippen molar-refractivity contribution in [3.05, 3.63) is 340 Å². The molecule has 0 N–H and O–H groups in total. The molecule has 0 aliphatic carbocycles. The Bertz CT molecular complexity index is 6500. The van der Waals surface area contributed by atoms with Crippen LogP contribution in [0.1, 0.15) is 0 Å². The molecule has 0 unspecified atom stereocenters. The molecule has 476 valence electrons. The number of aromatic nitrogens is 8. The zero-order chi connectivity index (χ0) is 67.5. The Labute approximate surface area is 585 Å². The topological polar surface area (TPSA) is 129 Å². The molecular formula is C92H56N8O2. The average molecular weight is 1310 g/mol. The van der Waals surface area contributed by atoms with E-state index in [1.165, 1.54) is 27.1 Å². The van der Waals surface area contributed by atoms with Crippen molar-refractivity contribution < 1.29 is 8.83 Å². The molecule has 0 spiro atoms. The number of pyridine rings is 2. The van der Waals surface area contributed by atoms with Gasteiger partial charge in [0.05, 0.1) is 38.6 Å². The number of rotatable bonds is 10. The summed E-state index contributed by atoms with van der Waals surface area (Å²) < 4.78 is 13.4. The molecule has 102 heavy (non-hydrogen) atoms. The Morgan fingerprint density at radius 1 is 0.186 bits per heavy atom. The summed E-state index contributed by atoms with van der Waals surface area (Å²) in [5, 5.41) is 10.8. The van der Waals surface area contributed by atoms with Crippen LogP contribution in [0.4, 0.5) is 0 Å². The van der Waals surface area contributed by atoms with Gasteiger partial charge in [-0.05, 0) is 80.2 Å². The summed E-state index contributed by atoms with van der Waals surface area (Å²) >= 11 is 0. The Morgan fingerprint density at radius 3 is 1.11 bits per heavy atom. The molecule has 10 heteroatoms. The summed E-state index contributed by atoms with van der Waals surface area (Å²) in [6.07, 6.45) is 0. The van der Waals surface area contributed by atoms with Gasteiger partial charge in [0, 0.05) is 60.7 Å². The lowest BCUT2D eigenvalue weighted by Gasteiger charge is -2.13. The van der Waals surface area contributed by atoms with Crippen LogP contribution in [-0.2, 0) is 0 Å². The molecule has 0 aliphatic rings. The maximum atomic E-state index is 6.74. The van der Waals surface area contributed by atoms with E-state index < -0.39 is 0 Å². The lowest BCUT2D eigenvalue weighted by atomic mass is 9.93. The van der Waals surface area contributed by atoms with Crippen LogP contribution >= 0.6 is 0 Å². The quantitative estimate of drug-likeness (QED) is 0.130. The van der Waals surface area contributed by atoms with E-state index in [1.807, 2.05) is 158 Å². The lowest BCUT2D eigenvalue weighted by Crippen LogP contribution is -2.00. The smallest absolute Gasteiger partial charge is 0.164 e. The van der Waals surface area contributed by atoms with Crippen molar-refractivity contribution in [2.75, 3.05) is 0 Å². The van der Waals surface area contributed by atoms with Crippen molar-refractivity contribution in [2.45, 2.75) is 0 Å². The molecule has 20 rings (SSSR count). The van der Waals surface area contributed by atoms with Crippen LogP contribution in [0.3, 0.4) is 0 Å². The van der Waals surface area contributed by atoms with Gasteiger partial charge < -0.3 is 8.83 Å². The first kappa shape index (κ1) is 59.3. The SMILES string of the molecule is c1ccc(-c2nc(-c3ccccc3)nc(-c3ccc(-c4nc5cccc(-c6cccc7ccccc67)c5c5oc6ccccc6c45)cc3)n2)cc1.c1ccc(-c2nc(-c3ccccc3)nc(-c3cccc(-c4nc5ccc(-c6cccc7ccccc67)cc5c5oc6ccccc6c45)c3)n2)cc1. The van der Waals surface area contributed by atoms with E-state index in [1.54, 1.807) is 0 Å². The third-order valence-electron chi connectivity index (χ3n) is 19.0. The van der Waals surface area contributed by atoms with Gasteiger partial charge in [-0.15, -0.1) is 0 Å². The summed E-state index contributed by atoms with van der Waals surface area (Å²) in [6.45, 7) is 0. The first-order chi connectivity index (χ1) is 50.5. The summed E-state index contributed by atoms with van der Waals surface area (Å²) in [7, 11) is 0. The van der Waals surface area contributed by atoms with E-state index in [2.05, 4.69) is 182 Å². The first-order valence-electron chi connectivity index (χ1n) is 34.0. The molecule has 0 saturated carbocycles. The number of nitrogens with zero attached hydrogens (tertiary/aromatic N) is 8. The van der Waals surface area contributed by atoms with Crippen LogP contribution < -0.4 is 0 Å². The van der Waals surface area contributed by atoms with Crippen molar-refractivity contribution in [1.82, 2.24) is 39.9 Å². The van der Waals surface area contributed by atoms with Gasteiger partial charge >= 0.3 is 0 Å². The zero-order valence-corrected chi connectivity index (χ0v) is 54.7. The van der Waals surface area contributed by atoms with Gasteiger partial charge in [0.15, 0.2) is 34.9 Å². The van der Waals surface area contributed by atoms with Crippen LogP contribution in [0.15, 0.2) is 349 Å². The summed E-state index contributed by atoms with van der Waals surface area (Å²) in [6, 6.07) is 116. The second-order valence-corrected chi connectivity index (χ2v) is 25.2. The molecule has 0 bridgehead atoms. The number of fused-ring (bicyclic) bond motifs is 12. The molecule has 6 aromatic heterocycles. The Morgan fingerprint density at radius 2 is 0.549 bits per heavy atom. The molecule has 0 aliphatic heterocycles. The Kier molecular flexibility index (Phi) is 14.6. The molecule has 6 heterocycles. The number of hydrogen-bond acceptors (Lipinski definition) is 10. The fraction of sp³-hybridized carbons (Fsp3) is 0. The third kappa shape index (κ3) is 10.7.